The van der Waals surface area contributed by atoms with Crippen LogP contribution >= 0.6 is 0 Å². The second-order valence-electron chi connectivity index (χ2n) is 3.97. The van der Waals surface area contributed by atoms with Crippen LogP contribution < -0.4 is 11.1 Å². The highest BCUT2D eigenvalue weighted by molar-refractivity contribution is 5.95. The van der Waals surface area contributed by atoms with E-state index in [2.05, 4.69) is 15.4 Å². The van der Waals surface area contributed by atoms with Crippen LogP contribution in [0.1, 0.15) is 23.0 Å². The number of nitrogen functional groups attached to an aromatic ring is 1. The summed E-state index contributed by atoms with van der Waals surface area (Å²) in [5.74, 6) is -0.457. The van der Waals surface area contributed by atoms with E-state index in [1.807, 2.05) is 0 Å². The molecular weight excluding hydrogens is 246 g/mol. The zero-order valence-corrected chi connectivity index (χ0v) is 10.3. The van der Waals surface area contributed by atoms with Gasteiger partial charge in [-0.2, -0.15) is 5.10 Å². The van der Waals surface area contributed by atoms with Crippen LogP contribution in [0.25, 0.3) is 0 Å². The third kappa shape index (κ3) is 3.15. The molecule has 0 fully saturated rings. The summed E-state index contributed by atoms with van der Waals surface area (Å²) < 4.78 is 1.16. The summed E-state index contributed by atoms with van der Waals surface area (Å²) in [6, 6.07) is 3.19. The van der Waals surface area contributed by atoms with Crippen molar-refractivity contribution >= 4 is 17.5 Å². The van der Waals surface area contributed by atoms with Gasteiger partial charge in [0.15, 0.2) is 0 Å². The standard InChI is InChI=1S/C12H13N5O2/c1-8(18)15-6-11-4-9(2-3-14-11)12(19)17-7-10(13)5-16-17/h2-5,7H,6,13H2,1H3,(H,15,18). The van der Waals surface area contributed by atoms with Crippen molar-refractivity contribution in [3.8, 4) is 0 Å². The second-order valence-corrected chi connectivity index (χ2v) is 3.97. The molecule has 0 aliphatic heterocycles. The molecule has 0 saturated carbocycles. The van der Waals surface area contributed by atoms with E-state index in [1.165, 1.54) is 25.5 Å². The molecule has 2 aromatic rings. The molecule has 0 unspecified atom stereocenters. The molecule has 0 aliphatic carbocycles. The van der Waals surface area contributed by atoms with Gasteiger partial charge in [-0.25, -0.2) is 4.68 Å². The summed E-state index contributed by atoms with van der Waals surface area (Å²) in [5, 5.41) is 6.46. The number of nitrogens with two attached hydrogens (primary N) is 1. The highest BCUT2D eigenvalue weighted by Crippen LogP contribution is 2.06. The SMILES string of the molecule is CC(=O)NCc1cc(C(=O)n2cc(N)cn2)ccn1. The number of rotatable bonds is 3. The molecule has 2 aromatic heterocycles. The highest BCUT2D eigenvalue weighted by Gasteiger charge is 2.10. The lowest BCUT2D eigenvalue weighted by Crippen LogP contribution is -2.20. The fourth-order valence-corrected chi connectivity index (χ4v) is 1.50. The van der Waals surface area contributed by atoms with Crippen molar-refractivity contribution < 1.29 is 9.59 Å². The maximum Gasteiger partial charge on any atom is 0.278 e. The van der Waals surface area contributed by atoms with Gasteiger partial charge in [0.1, 0.15) is 0 Å². The lowest BCUT2D eigenvalue weighted by molar-refractivity contribution is -0.119. The number of anilines is 1. The van der Waals surface area contributed by atoms with Crippen LogP contribution in [0.4, 0.5) is 5.69 Å². The first-order chi connectivity index (χ1) is 9.06. The summed E-state index contributed by atoms with van der Waals surface area (Å²) >= 11 is 0. The van der Waals surface area contributed by atoms with Crippen molar-refractivity contribution in [3.05, 3.63) is 42.0 Å². The van der Waals surface area contributed by atoms with Gasteiger partial charge in [0, 0.05) is 18.7 Å². The van der Waals surface area contributed by atoms with Crippen LogP contribution in [-0.2, 0) is 11.3 Å². The number of aromatic nitrogens is 3. The predicted molar refractivity (Wildman–Crippen MR) is 68.1 cm³/mol. The number of pyridine rings is 1. The number of nitrogens with zero attached hydrogens (tertiary/aromatic N) is 3. The van der Waals surface area contributed by atoms with E-state index in [0.29, 0.717) is 16.9 Å². The Morgan fingerprint density at radius 1 is 1.47 bits per heavy atom. The van der Waals surface area contributed by atoms with E-state index in [4.69, 9.17) is 5.73 Å². The Morgan fingerprint density at radius 2 is 2.26 bits per heavy atom. The van der Waals surface area contributed by atoms with Gasteiger partial charge in [0.05, 0.1) is 30.3 Å². The number of hydrogen-bond donors (Lipinski definition) is 2. The van der Waals surface area contributed by atoms with E-state index in [0.717, 1.165) is 4.68 Å². The zero-order chi connectivity index (χ0) is 13.8. The molecule has 0 saturated heterocycles. The van der Waals surface area contributed by atoms with Crippen molar-refractivity contribution in [2.75, 3.05) is 5.73 Å². The van der Waals surface area contributed by atoms with Crippen LogP contribution in [0.15, 0.2) is 30.7 Å². The largest absolute Gasteiger partial charge is 0.396 e. The van der Waals surface area contributed by atoms with Gasteiger partial charge < -0.3 is 11.1 Å². The van der Waals surface area contributed by atoms with Crippen molar-refractivity contribution in [1.29, 1.82) is 0 Å². The number of carbonyl (C=O) groups excluding carboxylic acids is 2. The number of carbonyl (C=O) groups is 2. The van der Waals surface area contributed by atoms with Crippen molar-refractivity contribution in [3.63, 3.8) is 0 Å². The van der Waals surface area contributed by atoms with Gasteiger partial charge >= 0.3 is 0 Å². The van der Waals surface area contributed by atoms with Crippen LogP contribution in [-0.4, -0.2) is 26.6 Å². The first kappa shape index (κ1) is 12.7. The molecule has 7 nitrogen and oxygen atoms in total. The lowest BCUT2D eigenvalue weighted by atomic mass is 10.2. The van der Waals surface area contributed by atoms with Crippen LogP contribution in [0.3, 0.4) is 0 Å². The molecule has 0 bridgehead atoms. The maximum atomic E-state index is 12.1. The third-order valence-corrected chi connectivity index (χ3v) is 2.39. The molecule has 2 rings (SSSR count). The molecule has 1 amide bonds. The van der Waals surface area contributed by atoms with Crippen LogP contribution in [0.2, 0.25) is 0 Å². The monoisotopic (exact) mass is 259 g/mol. The third-order valence-electron chi connectivity index (χ3n) is 2.39. The van der Waals surface area contributed by atoms with E-state index in [1.54, 1.807) is 12.1 Å². The van der Waals surface area contributed by atoms with Gasteiger partial charge in [-0.1, -0.05) is 0 Å². The van der Waals surface area contributed by atoms with Crippen LogP contribution in [0, 0.1) is 0 Å². The van der Waals surface area contributed by atoms with E-state index >= 15 is 0 Å². The molecule has 2 heterocycles. The first-order valence-electron chi connectivity index (χ1n) is 5.60. The quantitative estimate of drug-likeness (QED) is 0.818. The molecule has 19 heavy (non-hydrogen) atoms. The normalized spacial score (nSPS) is 10.2. The molecule has 7 heteroatoms. The molecule has 0 aliphatic rings. The van der Waals surface area contributed by atoms with Gasteiger partial charge in [0.2, 0.25) is 5.91 Å². The second kappa shape index (κ2) is 5.30. The Labute approximate surface area is 109 Å². The Morgan fingerprint density at radius 3 is 2.89 bits per heavy atom. The minimum atomic E-state index is -0.303. The van der Waals surface area contributed by atoms with E-state index in [9.17, 15) is 9.59 Å². The van der Waals surface area contributed by atoms with Gasteiger partial charge in [0.25, 0.3) is 5.91 Å². The zero-order valence-electron chi connectivity index (χ0n) is 10.3. The lowest BCUT2D eigenvalue weighted by Gasteiger charge is -2.04. The average Bonchev–Trinajstić information content (AvgIpc) is 2.82. The number of nitrogens with one attached hydrogen (secondary N) is 1. The van der Waals surface area contributed by atoms with Crippen molar-refractivity contribution in [1.82, 2.24) is 20.1 Å². The van der Waals surface area contributed by atoms with Crippen molar-refractivity contribution in [2.45, 2.75) is 13.5 Å². The Hall–Kier alpha value is -2.70. The van der Waals surface area contributed by atoms with Gasteiger partial charge in [-0.3, -0.25) is 14.6 Å². The van der Waals surface area contributed by atoms with E-state index < -0.39 is 0 Å². The summed E-state index contributed by atoms with van der Waals surface area (Å²) in [5.41, 5.74) is 6.95. The molecule has 0 atom stereocenters. The number of hydrogen-bond acceptors (Lipinski definition) is 5. The van der Waals surface area contributed by atoms with Crippen LogP contribution in [0.5, 0.6) is 0 Å². The Bertz CT molecular complexity index is 620. The fourth-order valence-electron chi connectivity index (χ4n) is 1.50. The molecule has 3 N–H and O–H groups in total. The molecule has 0 aromatic carbocycles. The summed E-state index contributed by atoms with van der Waals surface area (Å²) in [7, 11) is 0. The average molecular weight is 259 g/mol. The van der Waals surface area contributed by atoms with Gasteiger partial charge in [-0.05, 0) is 12.1 Å². The first-order valence-corrected chi connectivity index (χ1v) is 5.60. The highest BCUT2D eigenvalue weighted by atomic mass is 16.2. The molecule has 0 radical (unpaired) electrons. The molecular formula is C12H13N5O2. The van der Waals surface area contributed by atoms with E-state index in [-0.39, 0.29) is 18.4 Å². The topological polar surface area (TPSA) is 103 Å². The summed E-state index contributed by atoms with van der Waals surface area (Å²) in [6.45, 7) is 1.69. The number of amides is 1. The fraction of sp³-hybridized carbons (Fsp3) is 0.167. The summed E-state index contributed by atoms with van der Waals surface area (Å²) in [4.78, 5) is 27.0. The predicted octanol–water partition coefficient (Wildman–Crippen LogP) is 0.185. The Balaban J connectivity index is 2.18. The molecule has 98 valence electrons. The Kier molecular flexibility index (Phi) is 3.56. The van der Waals surface area contributed by atoms with Crippen molar-refractivity contribution in [2.24, 2.45) is 0 Å². The minimum Gasteiger partial charge on any atom is -0.396 e. The molecule has 0 spiro atoms. The van der Waals surface area contributed by atoms with Gasteiger partial charge in [-0.15, -0.1) is 0 Å². The smallest absolute Gasteiger partial charge is 0.278 e. The summed E-state index contributed by atoms with van der Waals surface area (Å²) in [6.07, 6.45) is 4.35. The minimum absolute atomic E-state index is 0.154. The maximum absolute atomic E-state index is 12.1.